The fourth-order valence-corrected chi connectivity index (χ4v) is 4.59. The van der Waals surface area contributed by atoms with E-state index in [0.29, 0.717) is 40.7 Å². The minimum Gasteiger partial charge on any atom is -0.507 e. The molecule has 0 amide bonds. The number of rotatable bonds is 6. The van der Waals surface area contributed by atoms with E-state index in [1.54, 1.807) is 40.6 Å². The summed E-state index contributed by atoms with van der Waals surface area (Å²) in [5.41, 5.74) is 3.22. The van der Waals surface area contributed by atoms with Gasteiger partial charge in [-0.15, -0.1) is 0 Å². The molecule has 0 saturated heterocycles. The molecular weight excluding hydrogens is 436 g/mol. The van der Waals surface area contributed by atoms with E-state index in [1.165, 1.54) is 0 Å². The van der Waals surface area contributed by atoms with E-state index in [1.807, 2.05) is 47.5 Å². The zero-order valence-electron chi connectivity index (χ0n) is 19.4. The quantitative estimate of drug-likeness (QED) is 0.570. The van der Waals surface area contributed by atoms with Crippen LogP contribution < -0.4 is 23.7 Å². The van der Waals surface area contributed by atoms with E-state index in [-0.39, 0.29) is 11.8 Å². The normalized spacial score (nSPS) is 18.4. The summed E-state index contributed by atoms with van der Waals surface area (Å²) in [7, 11) is 6.35. The van der Waals surface area contributed by atoms with E-state index in [0.717, 1.165) is 16.8 Å². The number of hydrazone groups is 1. The van der Waals surface area contributed by atoms with Crippen LogP contribution >= 0.6 is 0 Å². The van der Waals surface area contributed by atoms with Gasteiger partial charge in [-0.05, 0) is 30.3 Å². The van der Waals surface area contributed by atoms with Crippen LogP contribution in [-0.2, 0) is 0 Å². The largest absolute Gasteiger partial charge is 0.507 e. The maximum atomic E-state index is 10.5. The van der Waals surface area contributed by atoms with Gasteiger partial charge in [0, 0.05) is 23.1 Å². The van der Waals surface area contributed by atoms with Crippen molar-refractivity contribution in [1.82, 2.24) is 5.01 Å². The smallest absolute Gasteiger partial charge is 0.214 e. The first-order valence-electron chi connectivity index (χ1n) is 10.9. The van der Waals surface area contributed by atoms with E-state index in [9.17, 15) is 5.11 Å². The molecule has 0 saturated carbocycles. The number of phenolic OH excluding ortho intramolecular Hbond substituents is 1. The number of para-hydroxylation sites is 2. The maximum Gasteiger partial charge on any atom is 0.214 e. The summed E-state index contributed by atoms with van der Waals surface area (Å²) in [5, 5.41) is 17.3. The number of aromatic hydroxyl groups is 1. The van der Waals surface area contributed by atoms with Gasteiger partial charge < -0.3 is 28.8 Å². The molecule has 8 heteroatoms. The SMILES string of the molecule is COc1cc([C@H]2Oc3c(OC)cccc3[C@@H]3CC(c4ccccc4O)=NN23)cc(OC)c1OC. The maximum absolute atomic E-state index is 10.5. The molecule has 0 radical (unpaired) electrons. The van der Waals surface area contributed by atoms with Crippen LogP contribution in [0.25, 0.3) is 0 Å². The second kappa shape index (κ2) is 8.70. The first-order chi connectivity index (χ1) is 16.6. The second-order valence-corrected chi connectivity index (χ2v) is 7.97. The van der Waals surface area contributed by atoms with Gasteiger partial charge in [0.1, 0.15) is 5.75 Å². The summed E-state index contributed by atoms with van der Waals surface area (Å²) in [4.78, 5) is 0. The number of hydrogen-bond acceptors (Lipinski definition) is 8. The lowest BCUT2D eigenvalue weighted by atomic mass is 9.95. The van der Waals surface area contributed by atoms with E-state index in [2.05, 4.69) is 0 Å². The topological polar surface area (TPSA) is 82.0 Å². The molecule has 34 heavy (non-hydrogen) atoms. The first kappa shape index (κ1) is 21.8. The minimum absolute atomic E-state index is 0.113. The van der Waals surface area contributed by atoms with Crippen LogP contribution in [0.15, 0.2) is 59.7 Å². The molecule has 0 unspecified atom stereocenters. The Balaban J connectivity index is 1.67. The Bertz CT molecular complexity index is 1230. The van der Waals surface area contributed by atoms with Crippen molar-refractivity contribution in [2.75, 3.05) is 28.4 Å². The number of benzene rings is 3. The minimum atomic E-state index is -0.592. The molecule has 0 bridgehead atoms. The monoisotopic (exact) mass is 462 g/mol. The van der Waals surface area contributed by atoms with Gasteiger partial charge in [0.2, 0.25) is 12.0 Å². The van der Waals surface area contributed by atoms with Gasteiger partial charge in [0.05, 0.1) is 40.2 Å². The van der Waals surface area contributed by atoms with Gasteiger partial charge in [-0.25, -0.2) is 5.01 Å². The number of fused-ring (bicyclic) bond motifs is 3. The molecule has 2 atom stereocenters. The highest BCUT2D eigenvalue weighted by molar-refractivity contribution is 6.04. The van der Waals surface area contributed by atoms with E-state index < -0.39 is 6.23 Å². The average molecular weight is 463 g/mol. The van der Waals surface area contributed by atoms with Crippen LogP contribution in [0, 0.1) is 0 Å². The highest BCUT2D eigenvalue weighted by Crippen LogP contribution is 2.52. The predicted molar refractivity (Wildman–Crippen MR) is 126 cm³/mol. The number of nitrogens with zero attached hydrogens (tertiary/aromatic N) is 2. The Morgan fingerprint density at radius 1 is 0.882 bits per heavy atom. The molecule has 2 aliphatic heterocycles. The Kier molecular flexibility index (Phi) is 5.57. The molecule has 0 aliphatic carbocycles. The van der Waals surface area contributed by atoms with Crippen molar-refractivity contribution in [3.05, 3.63) is 71.3 Å². The average Bonchev–Trinajstić information content (AvgIpc) is 3.32. The molecule has 0 aromatic heterocycles. The Morgan fingerprint density at radius 2 is 1.59 bits per heavy atom. The summed E-state index contributed by atoms with van der Waals surface area (Å²) >= 11 is 0. The molecule has 0 fully saturated rings. The fraction of sp³-hybridized carbons (Fsp3) is 0.269. The lowest BCUT2D eigenvalue weighted by Gasteiger charge is -2.38. The zero-order valence-corrected chi connectivity index (χ0v) is 19.4. The summed E-state index contributed by atoms with van der Waals surface area (Å²) in [6.45, 7) is 0. The number of ether oxygens (including phenoxy) is 5. The van der Waals surface area contributed by atoms with Crippen LogP contribution in [-0.4, -0.2) is 44.3 Å². The Morgan fingerprint density at radius 3 is 2.24 bits per heavy atom. The summed E-state index contributed by atoms with van der Waals surface area (Å²) in [6, 6.07) is 16.7. The number of phenols is 1. The van der Waals surface area contributed by atoms with Crippen molar-refractivity contribution in [3.63, 3.8) is 0 Å². The van der Waals surface area contributed by atoms with Crippen LogP contribution in [0.4, 0.5) is 0 Å². The van der Waals surface area contributed by atoms with Crippen molar-refractivity contribution in [3.8, 4) is 34.5 Å². The van der Waals surface area contributed by atoms with E-state index in [4.69, 9.17) is 28.8 Å². The lowest BCUT2D eigenvalue weighted by molar-refractivity contribution is -0.0211. The Hall–Kier alpha value is -4.07. The molecule has 3 aromatic carbocycles. The molecular formula is C26H26N2O6. The van der Waals surface area contributed by atoms with Gasteiger partial charge in [-0.1, -0.05) is 24.3 Å². The molecule has 0 spiro atoms. The summed E-state index contributed by atoms with van der Waals surface area (Å²) in [5.74, 6) is 3.04. The van der Waals surface area contributed by atoms with E-state index >= 15 is 0 Å². The molecule has 1 N–H and O–H groups in total. The number of methoxy groups -OCH3 is 4. The van der Waals surface area contributed by atoms with Crippen LogP contribution in [0.3, 0.4) is 0 Å². The fourth-order valence-electron chi connectivity index (χ4n) is 4.59. The highest BCUT2D eigenvalue weighted by atomic mass is 16.5. The molecule has 3 aromatic rings. The molecule has 176 valence electrons. The van der Waals surface area contributed by atoms with Crippen molar-refractivity contribution in [2.45, 2.75) is 18.7 Å². The third-order valence-corrected chi connectivity index (χ3v) is 6.19. The summed E-state index contributed by atoms with van der Waals surface area (Å²) < 4.78 is 28.8. The van der Waals surface area contributed by atoms with Crippen molar-refractivity contribution in [2.24, 2.45) is 5.10 Å². The molecule has 8 nitrogen and oxygen atoms in total. The third-order valence-electron chi connectivity index (χ3n) is 6.19. The van der Waals surface area contributed by atoms with Crippen molar-refractivity contribution < 1.29 is 28.8 Å². The Labute approximate surface area is 197 Å². The highest BCUT2D eigenvalue weighted by Gasteiger charge is 2.43. The molecule has 5 rings (SSSR count). The zero-order chi connectivity index (χ0) is 23.8. The van der Waals surface area contributed by atoms with Crippen molar-refractivity contribution >= 4 is 5.71 Å². The molecule has 2 aliphatic rings. The predicted octanol–water partition coefficient (Wildman–Crippen LogP) is 4.67. The summed E-state index contributed by atoms with van der Waals surface area (Å²) in [6.07, 6.45) is 0.00744. The van der Waals surface area contributed by atoms with Crippen LogP contribution in [0.1, 0.15) is 35.4 Å². The van der Waals surface area contributed by atoms with Gasteiger partial charge in [0.15, 0.2) is 23.0 Å². The first-order valence-corrected chi connectivity index (χ1v) is 10.9. The van der Waals surface area contributed by atoms with Crippen LogP contribution in [0.2, 0.25) is 0 Å². The van der Waals surface area contributed by atoms with Gasteiger partial charge >= 0.3 is 0 Å². The second-order valence-electron chi connectivity index (χ2n) is 7.97. The van der Waals surface area contributed by atoms with Gasteiger partial charge in [-0.2, -0.15) is 5.10 Å². The van der Waals surface area contributed by atoms with Crippen molar-refractivity contribution in [1.29, 1.82) is 0 Å². The lowest BCUT2D eigenvalue weighted by Crippen LogP contribution is -2.34. The van der Waals surface area contributed by atoms with Crippen LogP contribution in [0.5, 0.6) is 34.5 Å². The van der Waals surface area contributed by atoms with Gasteiger partial charge in [0.25, 0.3) is 0 Å². The standard InChI is InChI=1S/C26H26N2O6/c1-30-21-11-7-9-17-19-14-18(16-8-5-6-10-20(16)29)27-28(19)26(34-24(17)21)15-12-22(31-2)25(33-4)23(13-15)32-3/h5-13,19,26,29H,14H2,1-4H3/t19-,26+/m0/s1. The van der Waals surface area contributed by atoms with Gasteiger partial charge in [-0.3, -0.25) is 0 Å². The molecule has 2 heterocycles. The third kappa shape index (κ3) is 3.42. The number of hydrogen-bond donors (Lipinski definition) is 1.